The molecule has 4 heteroatoms. The van der Waals surface area contributed by atoms with E-state index in [0.717, 1.165) is 12.0 Å². The van der Waals surface area contributed by atoms with Crippen LogP contribution in [-0.4, -0.2) is 30.8 Å². The molecule has 0 radical (unpaired) electrons. The minimum absolute atomic E-state index is 0.0604. The molecule has 4 nitrogen and oxygen atoms in total. The summed E-state index contributed by atoms with van der Waals surface area (Å²) in [6.07, 6.45) is 0.107. The van der Waals surface area contributed by atoms with Gasteiger partial charge in [-0.15, -0.1) is 0 Å². The SMILES string of the molecule is COC(C(=O)NC(CO)CC(C)C)c1ccccc1. The summed E-state index contributed by atoms with van der Waals surface area (Å²) in [7, 11) is 1.51. The fourth-order valence-corrected chi connectivity index (χ4v) is 2.05. The molecule has 0 aliphatic rings. The first kappa shape index (κ1) is 15.7. The maximum absolute atomic E-state index is 12.2. The number of nitrogens with one attached hydrogen (secondary N) is 1. The van der Waals surface area contributed by atoms with Crippen LogP contribution in [0.1, 0.15) is 31.9 Å². The Kier molecular flexibility index (Phi) is 6.53. The monoisotopic (exact) mass is 265 g/mol. The molecule has 0 saturated heterocycles. The molecular formula is C15H23NO3. The van der Waals surface area contributed by atoms with Crippen LogP contribution in [0.2, 0.25) is 0 Å². The molecule has 1 aromatic carbocycles. The molecule has 19 heavy (non-hydrogen) atoms. The first-order valence-corrected chi connectivity index (χ1v) is 6.57. The summed E-state index contributed by atoms with van der Waals surface area (Å²) < 4.78 is 5.25. The fraction of sp³-hybridized carbons (Fsp3) is 0.533. The quantitative estimate of drug-likeness (QED) is 0.791. The number of carbonyl (C=O) groups excluding carboxylic acids is 1. The predicted molar refractivity (Wildman–Crippen MR) is 74.7 cm³/mol. The number of ether oxygens (including phenoxy) is 1. The summed E-state index contributed by atoms with van der Waals surface area (Å²) >= 11 is 0. The first-order chi connectivity index (χ1) is 9.08. The predicted octanol–water partition coefficient (Wildman–Crippen LogP) is 1.90. The Balaban J connectivity index is 2.69. The van der Waals surface area contributed by atoms with Gasteiger partial charge in [0, 0.05) is 7.11 Å². The fourth-order valence-electron chi connectivity index (χ4n) is 2.05. The Morgan fingerprint density at radius 2 is 1.95 bits per heavy atom. The van der Waals surface area contributed by atoms with Crippen LogP contribution in [0.4, 0.5) is 0 Å². The molecule has 0 spiro atoms. The molecule has 0 saturated carbocycles. The van der Waals surface area contributed by atoms with Crippen molar-refractivity contribution in [3.8, 4) is 0 Å². The summed E-state index contributed by atoms with van der Waals surface area (Å²) in [6.45, 7) is 4.05. The van der Waals surface area contributed by atoms with Crippen molar-refractivity contribution >= 4 is 5.91 Å². The summed E-state index contributed by atoms with van der Waals surface area (Å²) in [5.74, 6) is 0.198. The van der Waals surface area contributed by atoms with Crippen LogP contribution >= 0.6 is 0 Å². The summed E-state index contributed by atoms with van der Waals surface area (Å²) in [4.78, 5) is 12.2. The molecule has 1 aromatic rings. The Morgan fingerprint density at radius 3 is 2.42 bits per heavy atom. The normalized spacial score (nSPS) is 14.2. The van der Waals surface area contributed by atoms with Crippen LogP contribution in [0.3, 0.4) is 0 Å². The third-order valence-electron chi connectivity index (χ3n) is 2.90. The number of methoxy groups -OCH3 is 1. The van der Waals surface area contributed by atoms with Crippen molar-refractivity contribution < 1.29 is 14.6 Å². The molecule has 2 N–H and O–H groups in total. The van der Waals surface area contributed by atoms with Gasteiger partial charge in [0.15, 0.2) is 6.10 Å². The van der Waals surface area contributed by atoms with Gasteiger partial charge in [-0.2, -0.15) is 0 Å². The third kappa shape index (κ3) is 5.01. The van der Waals surface area contributed by atoms with Crippen LogP contribution in [0, 0.1) is 5.92 Å². The van der Waals surface area contributed by atoms with E-state index in [2.05, 4.69) is 19.2 Å². The van der Waals surface area contributed by atoms with E-state index in [-0.39, 0.29) is 18.6 Å². The van der Waals surface area contributed by atoms with E-state index in [4.69, 9.17) is 4.74 Å². The van der Waals surface area contributed by atoms with Gasteiger partial charge in [-0.05, 0) is 17.9 Å². The van der Waals surface area contributed by atoms with Crippen LogP contribution in [-0.2, 0) is 9.53 Å². The highest BCUT2D eigenvalue weighted by Crippen LogP contribution is 2.17. The molecule has 106 valence electrons. The van der Waals surface area contributed by atoms with Gasteiger partial charge < -0.3 is 15.2 Å². The van der Waals surface area contributed by atoms with Crippen LogP contribution in [0.25, 0.3) is 0 Å². The lowest BCUT2D eigenvalue weighted by Gasteiger charge is -2.22. The lowest BCUT2D eigenvalue weighted by atomic mass is 10.0. The summed E-state index contributed by atoms with van der Waals surface area (Å²) in [5, 5.41) is 12.1. The molecule has 1 rings (SSSR count). The molecule has 1 amide bonds. The molecule has 0 aromatic heterocycles. The van der Waals surface area contributed by atoms with Gasteiger partial charge in [-0.3, -0.25) is 4.79 Å². The zero-order chi connectivity index (χ0) is 14.3. The molecular weight excluding hydrogens is 242 g/mol. The number of amides is 1. The molecule has 0 aliphatic heterocycles. The third-order valence-corrected chi connectivity index (χ3v) is 2.90. The van der Waals surface area contributed by atoms with E-state index in [1.807, 2.05) is 30.3 Å². The van der Waals surface area contributed by atoms with Crippen molar-refractivity contribution in [1.82, 2.24) is 5.32 Å². The molecule has 0 fully saturated rings. The molecule has 0 aliphatic carbocycles. The molecule has 2 atom stereocenters. The largest absolute Gasteiger partial charge is 0.394 e. The van der Waals surface area contributed by atoms with Crippen molar-refractivity contribution in [3.63, 3.8) is 0 Å². The van der Waals surface area contributed by atoms with E-state index in [1.165, 1.54) is 7.11 Å². The van der Waals surface area contributed by atoms with Crippen molar-refractivity contribution in [2.75, 3.05) is 13.7 Å². The Bertz CT molecular complexity index is 378. The number of carbonyl (C=O) groups is 1. The van der Waals surface area contributed by atoms with Crippen molar-refractivity contribution in [3.05, 3.63) is 35.9 Å². The van der Waals surface area contributed by atoms with E-state index < -0.39 is 6.10 Å². The zero-order valence-corrected chi connectivity index (χ0v) is 11.8. The number of benzene rings is 1. The van der Waals surface area contributed by atoms with E-state index in [0.29, 0.717) is 5.92 Å². The lowest BCUT2D eigenvalue weighted by Crippen LogP contribution is -2.41. The van der Waals surface area contributed by atoms with E-state index in [1.54, 1.807) is 0 Å². The minimum Gasteiger partial charge on any atom is -0.394 e. The Hall–Kier alpha value is -1.39. The number of aliphatic hydroxyl groups excluding tert-OH is 1. The van der Waals surface area contributed by atoms with Gasteiger partial charge in [-0.1, -0.05) is 44.2 Å². The van der Waals surface area contributed by atoms with Gasteiger partial charge in [0.1, 0.15) is 0 Å². The molecule has 0 heterocycles. The smallest absolute Gasteiger partial charge is 0.254 e. The maximum Gasteiger partial charge on any atom is 0.254 e. The minimum atomic E-state index is -0.637. The number of rotatable bonds is 7. The average molecular weight is 265 g/mol. The highest BCUT2D eigenvalue weighted by Gasteiger charge is 2.22. The number of hydrogen-bond acceptors (Lipinski definition) is 3. The number of aliphatic hydroxyl groups is 1. The second-order valence-corrected chi connectivity index (χ2v) is 5.04. The topological polar surface area (TPSA) is 58.6 Å². The first-order valence-electron chi connectivity index (χ1n) is 6.57. The maximum atomic E-state index is 12.2. The van der Waals surface area contributed by atoms with Crippen molar-refractivity contribution in [2.45, 2.75) is 32.4 Å². The van der Waals surface area contributed by atoms with Crippen molar-refractivity contribution in [2.24, 2.45) is 5.92 Å². The highest BCUT2D eigenvalue weighted by atomic mass is 16.5. The summed E-state index contributed by atoms with van der Waals surface area (Å²) in [5.41, 5.74) is 0.809. The average Bonchev–Trinajstić information content (AvgIpc) is 2.39. The van der Waals surface area contributed by atoms with Crippen LogP contribution in [0.15, 0.2) is 30.3 Å². The molecule has 0 bridgehead atoms. The van der Waals surface area contributed by atoms with Gasteiger partial charge in [0.25, 0.3) is 5.91 Å². The number of hydrogen-bond donors (Lipinski definition) is 2. The zero-order valence-electron chi connectivity index (χ0n) is 11.8. The second kappa shape index (κ2) is 7.92. The van der Waals surface area contributed by atoms with Crippen LogP contribution < -0.4 is 5.32 Å². The standard InChI is InChI=1S/C15H23NO3/c1-11(2)9-13(10-17)16-15(18)14(19-3)12-7-5-4-6-8-12/h4-8,11,13-14,17H,9-10H2,1-3H3,(H,16,18). The lowest BCUT2D eigenvalue weighted by molar-refractivity contribution is -0.132. The van der Waals surface area contributed by atoms with Gasteiger partial charge >= 0.3 is 0 Å². The molecule has 2 unspecified atom stereocenters. The van der Waals surface area contributed by atoms with E-state index >= 15 is 0 Å². The Morgan fingerprint density at radius 1 is 1.32 bits per heavy atom. The Labute approximate surface area is 114 Å². The van der Waals surface area contributed by atoms with Gasteiger partial charge in [-0.25, -0.2) is 0 Å². The van der Waals surface area contributed by atoms with Crippen LogP contribution in [0.5, 0.6) is 0 Å². The summed E-state index contributed by atoms with van der Waals surface area (Å²) in [6, 6.07) is 9.10. The second-order valence-electron chi connectivity index (χ2n) is 5.04. The van der Waals surface area contributed by atoms with Gasteiger partial charge in [0.2, 0.25) is 0 Å². The van der Waals surface area contributed by atoms with Gasteiger partial charge in [0.05, 0.1) is 12.6 Å². The van der Waals surface area contributed by atoms with Crippen molar-refractivity contribution in [1.29, 1.82) is 0 Å². The van der Waals surface area contributed by atoms with E-state index in [9.17, 15) is 9.90 Å². The highest BCUT2D eigenvalue weighted by molar-refractivity contribution is 5.82.